The van der Waals surface area contributed by atoms with Gasteiger partial charge in [-0.25, -0.2) is 9.52 Å². The van der Waals surface area contributed by atoms with Crippen LogP contribution < -0.4 is 14.4 Å². The fourth-order valence-corrected chi connectivity index (χ4v) is 3.07. The summed E-state index contributed by atoms with van der Waals surface area (Å²) < 4.78 is 5.94. The van der Waals surface area contributed by atoms with Gasteiger partial charge in [-0.1, -0.05) is 36.4 Å². The molecule has 1 aromatic heterocycles. The Balaban J connectivity index is 1.93. The predicted octanol–water partition coefficient (Wildman–Crippen LogP) is 3.49. The van der Waals surface area contributed by atoms with Crippen LogP contribution in [0.25, 0.3) is 11.8 Å². The number of hydrogen-bond donors (Lipinski definition) is 0. The molecule has 4 rings (SSSR count). The zero-order chi connectivity index (χ0) is 18.1. The van der Waals surface area contributed by atoms with E-state index in [2.05, 4.69) is 0 Å². The highest BCUT2D eigenvalue weighted by Gasteiger charge is 2.41. The number of carbonyl (C=O) groups is 1. The summed E-state index contributed by atoms with van der Waals surface area (Å²) in [7, 11) is 1.56. The molecular formula is C21H16N2O3. The molecule has 128 valence electrons. The van der Waals surface area contributed by atoms with Crippen molar-refractivity contribution in [2.45, 2.75) is 0 Å². The number of nitrogens with zero attached hydrogens (tertiary/aromatic N) is 2. The lowest BCUT2D eigenvalue weighted by Gasteiger charge is -2.15. The fourth-order valence-electron chi connectivity index (χ4n) is 3.07. The molecule has 0 radical (unpaired) electrons. The maximum absolute atomic E-state index is 13.1. The summed E-state index contributed by atoms with van der Waals surface area (Å²) in [6, 6.07) is 20.1. The number of hydrogen-bond acceptors (Lipinski definition) is 3. The Morgan fingerprint density at radius 3 is 2.50 bits per heavy atom. The van der Waals surface area contributed by atoms with E-state index in [4.69, 9.17) is 4.74 Å². The lowest BCUT2D eigenvalue weighted by Crippen LogP contribution is -2.37. The zero-order valence-electron chi connectivity index (χ0n) is 14.1. The minimum Gasteiger partial charge on any atom is -0.711 e. The molecule has 3 aromatic rings. The quantitative estimate of drug-likeness (QED) is 0.540. The fraction of sp³-hybridized carbons (Fsp3) is 0.0476. The smallest absolute Gasteiger partial charge is 0.347 e. The third-order valence-electron chi connectivity index (χ3n) is 4.31. The maximum Gasteiger partial charge on any atom is 0.347 e. The molecule has 0 bridgehead atoms. The highest BCUT2D eigenvalue weighted by Crippen LogP contribution is 2.38. The highest BCUT2D eigenvalue weighted by atomic mass is 16.5. The molecule has 0 saturated carbocycles. The molecule has 2 aromatic carbocycles. The molecule has 1 aliphatic rings. The number of fused-ring (bicyclic) bond motifs is 1. The van der Waals surface area contributed by atoms with E-state index < -0.39 is 0 Å². The van der Waals surface area contributed by atoms with Gasteiger partial charge in [0.05, 0.1) is 18.9 Å². The first-order valence-electron chi connectivity index (χ1n) is 8.17. The van der Waals surface area contributed by atoms with Crippen molar-refractivity contribution in [1.29, 1.82) is 0 Å². The Morgan fingerprint density at radius 2 is 1.77 bits per heavy atom. The van der Waals surface area contributed by atoms with Gasteiger partial charge in [0.1, 0.15) is 11.4 Å². The molecule has 5 nitrogen and oxygen atoms in total. The molecule has 26 heavy (non-hydrogen) atoms. The molecule has 2 heterocycles. The Morgan fingerprint density at radius 1 is 1.00 bits per heavy atom. The molecule has 0 saturated heterocycles. The number of ether oxygens (including phenoxy) is 1. The number of carbonyl (C=O) groups excluding carboxylic acids is 1. The van der Waals surface area contributed by atoms with Gasteiger partial charge >= 0.3 is 5.91 Å². The summed E-state index contributed by atoms with van der Waals surface area (Å²) in [6.07, 6.45) is 3.29. The molecule has 1 amide bonds. The van der Waals surface area contributed by atoms with Crippen LogP contribution in [0.2, 0.25) is 0 Å². The molecule has 5 heteroatoms. The van der Waals surface area contributed by atoms with Crippen LogP contribution in [0.1, 0.15) is 21.5 Å². The Hall–Kier alpha value is -3.60. The average Bonchev–Trinajstić information content (AvgIpc) is 2.94. The van der Waals surface area contributed by atoms with Gasteiger partial charge in [0, 0.05) is 11.6 Å². The van der Waals surface area contributed by atoms with E-state index >= 15 is 0 Å². The van der Waals surface area contributed by atoms with E-state index in [1.807, 2.05) is 48.5 Å². The van der Waals surface area contributed by atoms with E-state index in [1.54, 1.807) is 31.4 Å². The monoisotopic (exact) mass is 344 g/mol. The van der Waals surface area contributed by atoms with E-state index in [1.165, 1.54) is 11.1 Å². The Bertz CT molecular complexity index is 1010. The minimum atomic E-state index is -0.253. The number of benzene rings is 2. The summed E-state index contributed by atoms with van der Waals surface area (Å²) in [5.41, 5.74) is 2.88. The zero-order valence-corrected chi connectivity index (χ0v) is 14.1. The van der Waals surface area contributed by atoms with Crippen molar-refractivity contribution >= 4 is 23.5 Å². The summed E-state index contributed by atoms with van der Waals surface area (Å²) in [5, 5.41) is 12.3. The second kappa shape index (κ2) is 6.37. The molecule has 0 unspecified atom stereocenters. The van der Waals surface area contributed by atoms with Crippen molar-refractivity contribution in [2.75, 3.05) is 12.0 Å². The third-order valence-corrected chi connectivity index (χ3v) is 4.31. The summed E-state index contributed by atoms with van der Waals surface area (Å²) in [6.45, 7) is 0. The second-order valence-corrected chi connectivity index (χ2v) is 5.88. The Kier molecular flexibility index (Phi) is 3.89. The first kappa shape index (κ1) is 15.9. The molecule has 0 spiro atoms. The van der Waals surface area contributed by atoms with Crippen molar-refractivity contribution < 1.29 is 14.3 Å². The van der Waals surface area contributed by atoms with Crippen LogP contribution in [0.4, 0.5) is 5.82 Å². The van der Waals surface area contributed by atoms with E-state index in [0.29, 0.717) is 21.7 Å². The van der Waals surface area contributed by atoms with Crippen LogP contribution in [0.5, 0.6) is 5.75 Å². The van der Waals surface area contributed by atoms with Gasteiger partial charge in [-0.2, -0.15) is 4.90 Å². The van der Waals surface area contributed by atoms with Crippen LogP contribution in [-0.2, 0) is 0 Å². The highest BCUT2D eigenvalue weighted by molar-refractivity contribution is 6.24. The second-order valence-electron chi connectivity index (χ2n) is 5.88. The number of aromatic nitrogens is 1. The summed E-state index contributed by atoms with van der Waals surface area (Å²) >= 11 is 0. The van der Waals surface area contributed by atoms with Gasteiger partial charge in [0.15, 0.2) is 0 Å². The van der Waals surface area contributed by atoms with Crippen LogP contribution in [0.3, 0.4) is 0 Å². The summed E-state index contributed by atoms with van der Waals surface area (Å²) in [4.78, 5) is 14.5. The SMILES string of the molecule is COc1ccc2c(c1)C(=O)N(c1cccc[n+]1[O-])/C2=C\c1ccccc1. The van der Waals surface area contributed by atoms with Gasteiger partial charge in [0.25, 0.3) is 5.82 Å². The van der Waals surface area contributed by atoms with E-state index in [9.17, 15) is 10.0 Å². The standard InChI is InChI=1S/C21H16N2O3/c1-26-16-10-11-17-18(14-16)21(24)23(20-9-5-6-12-22(20)25)19(17)13-15-7-3-2-4-8-15/h2-14H,1H3/b19-13-. The lowest BCUT2D eigenvalue weighted by atomic mass is 10.1. The summed E-state index contributed by atoms with van der Waals surface area (Å²) in [5.74, 6) is 0.604. The molecule has 0 N–H and O–H groups in total. The third kappa shape index (κ3) is 2.59. The predicted molar refractivity (Wildman–Crippen MR) is 99.5 cm³/mol. The van der Waals surface area contributed by atoms with Crippen LogP contribution in [-0.4, -0.2) is 13.0 Å². The van der Waals surface area contributed by atoms with Crippen molar-refractivity contribution in [3.05, 3.63) is 94.8 Å². The van der Waals surface area contributed by atoms with Gasteiger partial charge < -0.3 is 9.94 Å². The van der Waals surface area contributed by atoms with Gasteiger partial charge in [-0.3, -0.25) is 0 Å². The average molecular weight is 344 g/mol. The van der Waals surface area contributed by atoms with Crippen molar-refractivity contribution in [3.8, 4) is 5.75 Å². The van der Waals surface area contributed by atoms with Crippen molar-refractivity contribution in [3.63, 3.8) is 0 Å². The lowest BCUT2D eigenvalue weighted by molar-refractivity contribution is -0.591. The van der Waals surface area contributed by atoms with Crippen LogP contribution in [0, 0.1) is 5.21 Å². The van der Waals surface area contributed by atoms with Gasteiger partial charge in [-0.15, -0.1) is 0 Å². The Labute approximate surface area is 151 Å². The number of anilines is 1. The van der Waals surface area contributed by atoms with Crippen molar-refractivity contribution in [1.82, 2.24) is 0 Å². The normalized spacial score (nSPS) is 14.6. The molecule has 0 aliphatic carbocycles. The number of pyridine rings is 1. The minimum absolute atomic E-state index is 0.253. The molecule has 0 atom stereocenters. The number of amides is 1. The number of methoxy groups -OCH3 is 1. The molecular weight excluding hydrogens is 328 g/mol. The molecule has 1 aliphatic heterocycles. The first-order chi connectivity index (χ1) is 12.7. The van der Waals surface area contributed by atoms with Gasteiger partial charge in [-0.05, 0) is 35.9 Å². The largest absolute Gasteiger partial charge is 0.711 e. The van der Waals surface area contributed by atoms with Crippen LogP contribution in [0.15, 0.2) is 72.9 Å². The number of rotatable bonds is 3. The topological polar surface area (TPSA) is 56.5 Å². The molecule has 0 fully saturated rings. The maximum atomic E-state index is 13.1. The van der Waals surface area contributed by atoms with Gasteiger partial charge in [0.2, 0.25) is 0 Å². The van der Waals surface area contributed by atoms with Crippen molar-refractivity contribution in [2.24, 2.45) is 0 Å². The van der Waals surface area contributed by atoms with Crippen LogP contribution >= 0.6 is 0 Å². The van der Waals surface area contributed by atoms with E-state index in [-0.39, 0.29) is 11.7 Å². The van der Waals surface area contributed by atoms with E-state index in [0.717, 1.165) is 11.1 Å². The first-order valence-corrected chi connectivity index (χ1v) is 8.17.